The van der Waals surface area contributed by atoms with Gasteiger partial charge >= 0.3 is 12.2 Å². The lowest BCUT2D eigenvalue weighted by Crippen LogP contribution is -2.37. The number of halogens is 3. The van der Waals surface area contributed by atoms with Crippen molar-refractivity contribution in [2.75, 3.05) is 24.2 Å². The second kappa shape index (κ2) is 7.47. The molecule has 23 heavy (non-hydrogen) atoms. The molecule has 10 heteroatoms. The lowest BCUT2D eigenvalue weighted by atomic mass is 10.1. The molecule has 0 fully saturated rings. The van der Waals surface area contributed by atoms with Gasteiger partial charge in [0, 0.05) is 19.7 Å². The van der Waals surface area contributed by atoms with Crippen LogP contribution in [-0.4, -0.2) is 31.4 Å². The summed E-state index contributed by atoms with van der Waals surface area (Å²) in [5.74, 6) is -1.03. The van der Waals surface area contributed by atoms with Crippen LogP contribution in [0.4, 0.5) is 29.3 Å². The van der Waals surface area contributed by atoms with Crippen molar-refractivity contribution in [2.45, 2.75) is 13.1 Å². The van der Waals surface area contributed by atoms with E-state index in [1.165, 1.54) is 13.1 Å². The molecule has 0 radical (unpaired) electrons. The average molecular weight is 332 g/mol. The highest BCUT2D eigenvalue weighted by molar-refractivity contribution is 5.94. The lowest BCUT2D eigenvalue weighted by Gasteiger charge is -2.15. The number of alkyl halides is 3. The number of urea groups is 1. The predicted octanol–water partition coefficient (Wildman–Crippen LogP) is 1.53. The Kier molecular flexibility index (Phi) is 5.94. The van der Waals surface area contributed by atoms with Crippen LogP contribution in [-0.2, 0) is 15.8 Å². The number of carbonyl (C=O) groups is 3. The summed E-state index contributed by atoms with van der Waals surface area (Å²) in [7, 11) is 1.35. The van der Waals surface area contributed by atoms with E-state index in [1.807, 2.05) is 5.32 Å². The number of carbonyl (C=O) groups excluding carboxylic acids is 3. The van der Waals surface area contributed by atoms with Crippen molar-refractivity contribution in [1.82, 2.24) is 10.6 Å². The third-order valence-electron chi connectivity index (χ3n) is 2.58. The Balaban J connectivity index is 2.94. The van der Waals surface area contributed by atoms with Crippen LogP contribution < -0.4 is 21.3 Å². The van der Waals surface area contributed by atoms with Gasteiger partial charge < -0.3 is 21.3 Å². The first-order chi connectivity index (χ1) is 10.6. The van der Waals surface area contributed by atoms with E-state index in [0.717, 1.165) is 13.0 Å². The van der Waals surface area contributed by atoms with E-state index in [2.05, 4.69) is 16.0 Å². The summed E-state index contributed by atoms with van der Waals surface area (Å²) in [4.78, 5) is 33.4. The zero-order valence-corrected chi connectivity index (χ0v) is 12.3. The molecular weight excluding hydrogens is 317 g/mol. The molecule has 0 aromatic heterocycles. The molecule has 126 valence electrons. The molecule has 4 N–H and O–H groups in total. The normalized spacial score (nSPS) is 10.7. The van der Waals surface area contributed by atoms with Crippen molar-refractivity contribution in [3.63, 3.8) is 0 Å². The zero-order chi connectivity index (χ0) is 17.6. The molecule has 4 amide bonds. The molecule has 0 atom stereocenters. The molecule has 0 aliphatic carbocycles. The maximum Gasteiger partial charge on any atom is 0.418 e. The van der Waals surface area contributed by atoms with Gasteiger partial charge in [0.1, 0.15) is 0 Å². The Bertz CT molecular complexity index is 617. The van der Waals surface area contributed by atoms with Gasteiger partial charge in [0.25, 0.3) is 0 Å². The number of nitrogens with one attached hydrogen (secondary N) is 4. The second-order valence-corrected chi connectivity index (χ2v) is 4.42. The van der Waals surface area contributed by atoms with Crippen molar-refractivity contribution in [1.29, 1.82) is 0 Å². The predicted molar refractivity (Wildman–Crippen MR) is 76.8 cm³/mol. The van der Waals surface area contributed by atoms with E-state index >= 15 is 0 Å². The summed E-state index contributed by atoms with van der Waals surface area (Å²) >= 11 is 0. The van der Waals surface area contributed by atoms with Gasteiger partial charge in [-0.05, 0) is 18.2 Å². The molecule has 0 saturated heterocycles. The van der Waals surface area contributed by atoms with E-state index in [4.69, 9.17) is 0 Å². The highest BCUT2D eigenvalue weighted by Crippen LogP contribution is 2.36. The van der Waals surface area contributed by atoms with Crippen LogP contribution >= 0.6 is 0 Å². The van der Waals surface area contributed by atoms with Crippen LogP contribution in [0.5, 0.6) is 0 Å². The van der Waals surface area contributed by atoms with Gasteiger partial charge in [0.2, 0.25) is 11.8 Å². The smallest absolute Gasteiger partial charge is 0.358 e. The fraction of sp³-hybridized carbons (Fsp3) is 0.308. The van der Waals surface area contributed by atoms with Crippen LogP contribution in [0.3, 0.4) is 0 Å². The summed E-state index contributed by atoms with van der Waals surface area (Å²) in [6.07, 6.45) is -4.74. The Morgan fingerprint density at radius 1 is 1.13 bits per heavy atom. The first-order valence-corrected chi connectivity index (χ1v) is 6.37. The van der Waals surface area contributed by atoms with Gasteiger partial charge in [-0.2, -0.15) is 13.2 Å². The summed E-state index contributed by atoms with van der Waals surface area (Å²) < 4.78 is 39.1. The van der Waals surface area contributed by atoms with Crippen LogP contribution in [0.1, 0.15) is 12.5 Å². The van der Waals surface area contributed by atoms with Crippen molar-refractivity contribution in [3.05, 3.63) is 23.8 Å². The third kappa shape index (κ3) is 5.85. The largest absolute Gasteiger partial charge is 0.418 e. The fourth-order valence-electron chi connectivity index (χ4n) is 1.58. The van der Waals surface area contributed by atoms with Gasteiger partial charge in [-0.25, -0.2) is 4.79 Å². The lowest BCUT2D eigenvalue weighted by molar-refractivity contribution is -0.137. The molecular formula is C13H15F3N4O3. The average Bonchev–Trinajstić information content (AvgIpc) is 2.44. The third-order valence-corrected chi connectivity index (χ3v) is 2.58. The summed E-state index contributed by atoms with van der Waals surface area (Å²) in [5, 5.41) is 8.59. The van der Waals surface area contributed by atoms with Gasteiger partial charge in [-0.3, -0.25) is 9.59 Å². The Morgan fingerprint density at radius 2 is 1.78 bits per heavy atom. The van der Waals surface area contributed by atoms with Crippen molar-refractivity contribution >= 4 is 29.2 Å². The SMILES string of the molecule is CNC(=O)CNC(=O)Nc1ccc(NC(C)=O)cc1C(F)(F)F. The second-order valence-electron chi connectivity index (χ2n) is 4.42. The first kappa shape index (κ1) is 18.3. The van der Waals surface area contributed by atoms with Crippen molar-refractivity contribution in [2.24, 2.45) is 0 Å². The molecule has 0 aliphatic rings. The first-order valence-electron chi connectivity index (χ1n) is 6.37. The van der Waals surface area contributed by atoms with Gasteiger partial charge in [0.05, 0.1) is 17.8 Å². The maximum absolute atomic E-state index is 13.0. The quantitative estimate of drug-likeness (QED) is 0.673. The number of anilines is 2. The molecule has 0 spiro atoms. The maximum atomic E-state index is 13.0. The highest BCUT2D eigenvalue weighted by Gasteiger charge is 2.34. The molecule has 1 rings (SSSR count). The van der Waals surface area contributed by atoms with Gasteiger partial charge in [-0.1, -0.05) is 0 Å². The Labute approximate surface area is 129 Å². The molecule has 0 bridgehead atoms. The van der Waals surface area contributed by atoms with E-state index in [-0.39, 0.29) is 12.2 Å². The molecule has 1 aromatic rings. The highest BCUT2D eigenvalue weighted by atomic mass is 19.4. The van der Waals surface area contributed by atoms with Gasteiger partial charge in [-0.15, -0.1) is 0 Å². The Morgan fingerprint density at radius 3 is 2.30 bits per heavy atom. The topological polar surface area (TPSA) is 99.3 Å². The minimum atomic E-state index is -4.74. The van der Waals surface area contributed by atoms with Gasteiger partial charge in [0.15, 0.2) is 0 Å². The van der Waals surface area contributed by atoms with E-state index in [0.29, 0.717) is 6.07 Å². The van der Waals surface area contributed by atoms with Crippen LogP contribution in [0.25, 0.3) is 0 Å². The summed E-state index contributed by atoms with van der Waals surface area (Å²) in [6, 6.07) is 1.96. The number of amides is 4. The zero-order valence-electron chi connectivity index (χ0n) is 12.3. The number of rotatable bonds is 4. The summed E-state index contributed by atoms with van der Waals surface area (Å²) in [6.45, 7) is 0.777. The minimum absolute atomic E-state index is 0.0545. The van der Waals surface area contributed by atoms with Crippen molar-refractivity contribution in [3.8, 4) is 0 Å². The minimum Gasteiger partial charge on any atom is -0.358 e. The number of hydrogen-bond acceptors (Lipinski definition) is 3. The molecule has 0 heterocycles. The molecule has 7 nitrogen and oxygen atoms in total. The number of benzene rings is 1. The number of hydrogen-bond donors (Lipinski definition) is 4. The Hall–Kier alpha value is -2.78. The van der Waals surface area contributed by atoms with Crippen LogP contribution in [0, 0.1) is 0 Å². The van der Waals surface area contributed by atoms with Crippen LogP contribution in [0.2, 0.25) is 0 Å². The van der Waals surface area contributed by atoms with Crippen molar-refractivity contribution < 1.29 is 27.6 Å². The standard InChI is InChI=1S/C13H15F3N4O3/c1-7(21)19-8-3-4-10(9(5-8)13(14,15)16)20-12(23)18-6-11(22)17-2/h3-5H,6H2,1-2H3,(H,17,22)(H,19,21)(H2,18,20,23). The molecule has 1 aromatic carbocycles. The molecule has 0 aliphatic heterocycles. The summed E-state index contributed by atoms with van der Waals surface area (Å²) in [5.41, 5.74) is -1.68. The van der Waals surface area contributed by atoms with E-state index in [1.54, 1.807) is 0 Å². The van der Waals surface area contributed by atoms with Crippen LogP contribution in [0.15, 0.2) is 18.2 Å². The van der Waals surface area contributed by atoms with E-state index in [9.17, 15) is 27.6 Å². The fourth-order valence-corrected chi connectivity index (χ4v) is 1.58. The molecule has 0 unspecified atom stereocenters. The number of likely N-dealkylation sites (N-methyl/N-ethyl adjacent to an activating group) is 1. The monoisotopic (exact) mass is 332 g/mol. The van der Waals surface area contributed by atoms with E-state index < -0.39 is 35.3 Å². The molecule has 0 saturated carbocycles.